The van der Waals surface area contributed by atoms with E-state index in [4.69, 9.17) is 9.84 Å². The molecular formula is C16H17F2N3O5. The van der Waals surface area contributed by atoms with E-state index < -0.39 is 30.4 Å². The Balaban J connectivity index is 1.97. The van der Waals surface area contributed by atoms with E-state index in [-0.39, 0.29) is 30.3 Å². The van der Waals surface area contributed by atoms with Crippen LogP contribution in [0.4, 0.5) is 13.6 Å². The second kappa shape index (κ2) is 7.14. The lowest BCUT2D eigenvalue weighted by Gasteiger charge is -2.31. The van der Waals surface area contributed by atoms with Gasteiger partial charge in [-0.25, -0.2) is 18.4 Å². The van der Waals surface area contributed by atoms with Gasteiger partial charge in [-0.3, -0.25) is 14.3 Å². The molecule has 140 valence electrons. The molecule has 3 rings (SSSR count). The Bertz CT molecular complexity index is 932. The molecule has 0 radical (unpaired) electrons. The van der Waals surface area contributed by atoms with E-state index in [9.17, 15) is 23.2 Å². The first-order chi connectivity index (χ1) is 12.4. The van der Waals surface area contributed by atoms with Crippen molar-refractivity contribution in [2.45, 2.75) is 25.3 Å². The van der Waals surface area contributed by atoms with E-state index in [0.29, 0.717) is 18.4 Å². The van der Waals surface area contributed by atoms with Crippen molar-refractivity contribution in [1.29, 1.82) is 0 Å². The number of nitrogens with one attached hydrogen (secondary N) is 1. The number of nitrogens with zero attached hydrogens (tertiary/aromatic N) is 2. The molecule has 10 heteroatoms. The third-order valence-electron chi connectivity index (χ3n) is 4.39. The summed E-state index contributed by atoms with van der Waals surface area (Å²) in [6.45, 7) is -0.234. The van der Waals surface area contributed by atoms with E-state index in [2.05, 4.69) is 4.98 Å². The molecule has 0 aliphatic carbocycles. The number of aromatic amines is 1. The van der Waals surface area contributed by atoms with Crippen molar-refractivity contribution < 1.29 is 23.4 Å². The number of hydrogen-bond donors (Lipinski definition) is 2. The number of rotatable bonds is 4. The first-order valence-corrected chi connectivity index (χ1v) is 8.04. The van der Waals surface area contributed by atoms with Crippen LogP contribution >= 0.6 is 0 Å². The fourth-order valence-corrected chi connectivity index (χ4v) is 3.17. The largest absolute Gasteiger partial charge is 0.488 e. The van der Waals surface area contributed by atoms with Crippen molar-refractivity contribution in [3.05, 3.63) is 39.0 Å². The molecule has 1 saturated heterocycles. The zero-order chi connectivity index (χ0) is 18.8. The number of fused-ring (bicyclic) bond motifs is 1. The molecule has 1 amide bonds. The van der Waals surface area contributed by atoms with Crippen LogP contribution in [0.1, 0.15) is 18.9 Å². The maximum Gasteiger partial charge on any atom is 0.407 e. The minimum absolute atomic E-state index is 0.106. The summed E-state index contributed by atoms with van der Waals surface area (Å²) < 4.78 is 30.9. The van der Waals surface area contributed by atoms with E-state index in [1.165, 1.54) is 27.7 Å². The van der Waals surface area contributed by atoms with Crippen molar-refractivity contribution >= 4 is 17.0 Å². The molecule has 1 aliphatic rings. The highest BCUT2D eigenvalue weighted by Crippen LogP contribution is 2.25. The Hall–Kier alpha value is -2.91. The molecule has 8 nitrogen and oxygen atoms in total. The average molecular weight is 369 g/mol. The van der Waals surface area contributed by atoms with Gasteiger partial charge in [0.1, 0.15) is 12.4 Å². The summed E-state index contributed by atoms with van der Waals surface area (Å²) in [6, 6.07) is 3.95. The third kappa shape index (κ3) is 3.53. The number of carbonyl (C=O) groups is 1. The lowest BCUT2D eigenvalue weighted by atomic mass is 10.0. The van der Waals surface area contributed by atoms with Gasteiger partial charge in [-0.05, 0) is 31.0 Å². The first-order valence-electron chi connectivity index (χ1n) is 8.04. The SMILES string of the molecule is O=C(O)N1CCC(n2c(=O)[nH]c(=O)c3cc(OCC(F)F)ccc32)CC1. The maximum atomic E-state index is 12.3. The molecule has 1 aliphatic heterocycles. The Morgan fingerprint density at radius 3 is 2.62 bits per heavy atom. The van der Waals surface area contributed by atoms with Crippen LogP contribution in [0.25, 0.3) is 10.9 Å². The number of carboxylic acid groups (broad SMARTS) is 1. The summed E-state index contributed by atoms with van der Waals surface area (Å²) in [5.41, 5.74) is -0.860. The molecule has 1 fully saturated rings. The van der Waals surface area contributed by atoms with Gasteiger partial charge in [0.05, 0.1) is 10.9 Å². The van der Waals surface area contributed by atoms with Crippen LogP contribution in [0, 0.1) is 0 Å². The molecule has 0 unspecified atom stereocenters. The monoisotopic (exact) mass is 369 g/mol. The van der Waals surface area contributed by atoms with E-state index in [0.717, 1.165) is 0 Å². The predicted octanol–water partition coefficient (Wildman–Crippen LogP) is 1.65. The Morgan fingerprint density at radius 1 is 1.31 bits per heavy atom. The Morgan fingerprint density at radius 2 is 2.00 bits per heavy atom. The van der Waals surface area contributed by atoms with Crippen molar-refractivity contribution in [2.75, 3.05) is 19.7 Å². The average Bonchev–Trinajstić information content (AvgIpc) is 2.60. The minimum Gasteiger partial charge on any atom is -0.488 e. The first kappa shape index (κ1) is 17.9. The molecule has 0 atom stereocenters. The van der Waals surface area contributed by atoms with Gasteiger partial charge in [-0.2, -0.15) is 0 Å². The van der Waals surface area contributed by atoms with E-state index >= 15 is 0 Å². The zero-order valence-electron chi connectivity index (χ0n) is 13.7. The van der Waals surface area contributed by atoms with Crippen molar-refractivity contribution in [3.63, 3.8) is 0 Å². The van der Waals surface area contributed by atoms with E-state index in [1.807, 2.05) is 0 Å². The van der Waals surface area contributed by atoms with Crippen LogP contribution < -0.4 is 16.0 Å². The van der Waals surface area contributed by atoms with Crippen molar-refractivity contribution in [2.24, 2.45) is 0 Å². The Kier molecular flexibility index (Phi) is 4.92. The number of benzene rings is 1. The minimum atomic E-state index is -2.64. The highest BCUT2D eigenvalue weighted by Gasteiger charge is 2.25. The number of likely N-dealkylation sites (tertiary alicyclic amines) is 1. The number of H-pyrrole nitrogens is 1. The van der Waals surface area contributed by atoms with E-state index in [1.54, 1.807) is 0 Å². The standard InChI is InChI=1S/C16H17F2N3O5/c17-13(18)8-26-10-1-2-12-11(7-10)14(22)19-15(23)21(12)9-3-5-20(6-4-9)16(24)25/h1-2,7,9,13H,3-6,8H2,(H,24,25)(H,19,22,23). The molecule has 0 bridgehead atoms. The molecule has 2 heterocycles. The van der Waals surface area contributed by atoms with Gasteiger partial charge >= 0.3 is 11.8 Å². The molecule has 1 aromatic heterocycles. The number of piperidine rings is 1. The number of halogens is 2. The lowest BCUT2D eigenvalue weighted by molar-refractivity contribution is 0.0819. The summed E-state index contributed by atoms with van der Waals surface area (Å²) in [5.74, 6) is 0.106. The van der Waals surface area contributed by atoms with Crippen LogP contribution in [-0.4, -0.2) is 51.8 Å². The normalized spacial score (nSPS) is 15.6. The number of hydrogen-bond acceptors (Lipinski definition) is 4. The number of aromatic nitrogens is 2. The second-order valence-corrected chi connectivity index (χ2v) is 6.01. The van der Waals surface area contributed by atoms with Crippen LogP contribution in [0.15, 0.2) is 27.8 Å². The summed E-state index contributed by atoms with van der Waals surface area (Å²) in [6.07, 6.45) is -2.80. The number of amides is 1. The molecule has 0 saturated carbocycles. The predicted molar refractivity (Wildman–Crippen MR) is 88.2 cm³/mol. The van der Waals surface area contributed by atoms with Gasteiger partial charge in [0, 0.05) is 19.1 Å². The molecule has 0 spiro atoms. The highest BCUT2D eigenvalue weighted by atomic mass is 19.3. The van der Waals surface area contributed by atoms with Gasteiger partial charge in [0.15, 0.2) is 0 Å². The van der Waals surface area contributed by atoms with Gasteiger partial charge < -0.3 is 14.7 Å². The fraction of sp³-hybridized carbons (Fsp3) is 0.438. The van der Waals surface area contributed by atoms with Gasteiger partial charge in [-0.1, -0.05) is 0 Å². The fourth-order valence-electron chi connectivity index (χ4n) is 3.17. The zero-order valence-corrected chi connectivity index (χ0v) is 13.7. The molecule has 2 aromatic rings. The number of ether oxygens (including phenoxy) is 1. The summed E-state index contributed by atoms with van der Waals surface area (Å²) in [4.78, 5) is 38.9. The number of alkyl halides is 2. The topological polar surface area (TPSA) is 105 Å². The van der Waals surface area contributed by atoms with Crippen LogP contribution in [0.3, 0.4) is 0 Å². The molecule has 2 N–H and O–H groups in total. The summed E-state index contributed by atoms with van der Waals surface area (Å²) in [5, 5.41) is 9.17. The second-order valence-electron chi connectivity index (χ2n) is 6.01. The smallest absolute Gasteiger partial charge is 0.407 e. The molecular weight excluding hydrogens is 352 g/mol. The summed E-state index contributed by atoms with van der Waals surface area (Å²) >= 11 is 0. The third-order valence-corrected chi connectivity index (χ3v) is 4.39. The van der Waals surface area contributed by atoms with Crippen molar-refractivity contribution in [1.82, 2.24) is 14.5 Å². The van der Waals surface area contributed by atoms with Gasteiger partial charge in [0.2, 0.25) is 0 Å². The maximum absolute atomic E-state index is 12.3. The summed E-state index contributed by atoms with van der Waals surface area (Å²) in [7, 11) is 0. The molecule has 1 aromatic carbocycles. The molecule has 26 heavy (non-hydrogen) atoms. The van der Waals surface area contributed by atoms with Crippen LogP contribution in [0.5, 0.6) is 5.75 Å². The Labute approximate surface area is 145 Å². The lowest BCUT2D eigenvalue weighted by Crippen LogP contribution is -2.41. The van der Waals surface area contributed by atoms with Crippen LogP contribution in [-0.2, 0) is 0 Å². The highest BCUT2D eigenvalue weighted by molar-refractivity contribution is 5.79. The quantitative estimate of drug-likeness (QED) is 0.853. The van der Waals surface area contributed by atoms with Gasteiger partial charge in [0.25, 0.3) is 12.0 Å². The van der Waals surface area contributed by atoms with Crippen LogP contribution in [0.2, 0.25) is 0 Å². The van der Waals surface area contributed by atoms with Crippen molar-refractivity contribution in [3.8, 4) is 5.75 Å². The van der Waals surface area contributed by atoms with Gasteiger partial charge in [-0.15, -0.1) is 0 Å².